The molecule has 3 aromatic rings. The minimum Gasteiger partial charge on any atom is -0.435 e. The molecule has 2 aromatic heterocycles. The van der Waals surface area contributed by atoms with Gasteiger partial charge in [-0.05, 0) is 31.0 Å². The van der Waals surface area contributed by atoms with Crippen LogP contribution >= 0.6 is 0 Å². The number of ether oxygens (including phenoxy) is 1. The van der Waals surface area contributed by atoms with Crippen LogP contribution in [0.3, 0.4) is 0 Å². The highest BCUT2D eigenvalue weighted by atomic mass is 32.2. The lowest BCUT2D eigenvalue weighted by Crippen LogP contribution is -2.44. The van der Waals surface area contributed by atoms with E-state index < -0.39 is 50.3 Å². The summed E-state index contributed by atoms with van der Waals surface area (Å²) in [7, 11) is -4.13. The zero-order valence-electron chi connectivity index (χ0n) is 21.3. The van der Waals surface area contributed by atoms with E-state index in [2.05, 4.69) is 25.6 Å². The molecule has 3 N–H and O–H groups in total. The van der Waals surface area contributed by atoms with Gasteiger partial charge in [0.1, 0.15) is 11.9 Å². The number of piperidine rings is 1. The number of hydrogen-bond donors (Lipinski definition) is 3. The van der Waals surface area contributed by atoms with Gasteiger partial charge < -0.3 is 15.4 Å². The van der Waals surface area contributed by atoms with Gasteiger partial charge in [0.25, 0.3) is 0 Å². The summed E-state index contributed by atoms with van der Waals surface area (Å²) in [6.45, 7) is 0.805. The molecule has 1 aromatic carbocycles. The van der Waals surface area contributed by atoms with E-state index in [1.807, 2.05) is 4.72 Å². The molecule has 0 bridgehead atoms. The highest BCUT2D eigenvalue weighted by Gasteiger charge is 2.31. The van der Waals surface area contributed by atoms with Crippen molar-refractivity contribution >= 4 is 21.7 Å². The summed E-state index contributed by atoms with van der Waals surface area (Å²) in [5.41, 5.74) is -0.532. The molecule has 3 heterocycles. The maximum Gasteiger partial charge on any atom is 0.235 e. The lowest BCUT2D eigenvalue weighted by molar-refractivity contribution is 0.254. The van der Waals surface area contributed by atoms with E-state index in [0.29, 0.717) is 44.0 Å². The molecule has 14 heteroatoms. The van der Waals surface area contributed by atoms with Crippen molar-refractivity contribution in [2.45, 2.75) is 56.0 Å². The van der Waals surface area contributed by atoms with Crippen molar-refractivity contribution < 1.29 is 30.7 Å². The highest BCUT2D eigenvalue weighted by molar-refractivity contribution is 7.93. The zero-order valence-corrected chi connectivity index (χ0v) is 22.2. The monoisotopic (exact) mass is 580 g/mol. The van der Waals surface area contributed by atoms with Gasteiger partial charge in [0, 0.05) is 44.0 Å². The molecule has 1 aliphatic carbocycles. The predicted molar refractivity (Wildman–Crippen MR) is 141 cm³/mol. The fraction of sp³-hybridized carbons (Fsp3) is 0.423. The SMILES string of the molecule is O=S(=O)(Nc1c(F)cc(Oc2ncccc2-c2ccnc(N[C@@H]3CNC[C@@H](F)C3)n2)c(F)c1F)C1CCCCC1. The molecule has 9 nitrogen and oxygen atoms in total. The molecule has 40 heavy (non-hydrogen) atoms. The molecule has 2 aliphatic rings. The third-order valence-corrected chi connectivity index (χ3v) is 8.74. The topological polar surface area (TPSA) is 118 Å². The Morgan fingerprint density at radius 3 is 2.58 bits per heavy atom. The Morgan fingerprint density at radius 1 is 1.00 bits per heavy atom. The maximum absolute atomic E-state index is 15.0. The number of nitrogens with zero attached hydrogens (tertiary/aromatic N) is 3. The van der Waals surface area contributed by atoms with Gasteiger partial charge in [-0.15, -0.1) is 0 Å². The van der Waals surface area contributed by atoms with Gasteiger partial charge in [0.15, 0.2) is 17.4 Å². The zero-order chi connectivity index (χ0) is 28.3. The van der Waals surface area contributed by atoms with Gasteiger partial charge in [-0.25, -0.2) is 36.5 Å². The summed E-state index contributed by atoms with van der Waals surface area (Å²) >= 11 is 0. The van der Waals surface area contributed by atoms with Crippen LogP contribution in [0.1, 0.15) is 38.5 Å². The molecule has 1 aliphatic heterocycles. The van der Waals surface area contributed by atoms with E-state index in [-0.39, 0.29) is 36.4 Å². The second kappa shape index (κ2) is 11.9. The average molecular weight is 581 g/mol. The van der Waals surface area contributed by atoms with Crippen LogP contribution in [-0.2, 0) is 10.0 Å². The number of alkyl halides is 1. The first-order valence-corrected chi connectivity index (χ1v) is 14.5. The second-order valence-corrected chi connectivity index (χ2v) is 11.8. The second-order valence-electron chi connectivity index (χ2n) is 9.82. The Morgan fingerprint density at radius 2 is 1.80 bits per heavy atom. The molecule has 214 valence electrons. The Bertz CT molecular complexity index is 1470. The Labute approximate surface area is 228 Å². The van der Waals surface area contributed by atoms with Gasteiger partial charge in [-0.2, -0.15) is 4.39 Å². The van der Waals surface area contributed by atoms with Gasteiger partial charge in [0.05, 0.1) is 16.5 Å². The molecule has 0 unspecified atom stereocenters. The fourth-order valence-corrected chi connectivity index (χ4v) is 6.47. The first-order chi connectivity index (χ1) is 19.2. The van der Waals surface area contributed by atoms with Crippen LogP contribution in [0.25, 0.3) is 11.3 Å². The number of benzene rings is 1. The van der Waals surface area contributed by atoms with Crippen molar-refractivity contribution in [2.75, 3.05) is 23.1 Å². The summed E-state index contributed by atoms with van der Waals surface area (Å²) in [6.07, 6.45) is 5.05. The number of rotatable bonds is 8. The molecular weight excluding hydrogens is 552 g/mol. The number of halogens is 4. The molecule has 1 saturated heterocycles. The first-order valence-electron chi connectivity index (χ1n) is 13.0. The molecule has 2 fully saturated rings. The summed E-state index contributed by atoms with van der Waals surface area (Å²) in [4.78, 5) is 12.6. The summed E-state index contributed by atoms with van der Waals surface area (Å²) in [5.74, 6) is -5.48. The van der Waals surface area contributed by atoms with Crippen LogP contribution < -0.4 is 20.1 Å². The Balaban J connectivity index is 1.38. The molecular formula is C26H28F4N6O3S. The lowest BCUT2D eigenvalue weighted by Gasteiger charge is -2.26. The van der Waals surface area contributed by atoms with Crippen molar-refractivity contribution in [3.8, 4) is 22.9 Å². The number of nitrogens with one attached hydrogen (secondary N) is 3. The average Bonchev–Trinajstić information content (AvgIpc) is 2.95. The third-order valence-electron chi connectivity index (χ3n) is 6.90. The van der Waals surface area contributed by atoms with E-state index >= 15 is 4.39 Å². The normalized spacial score (nSPS) is 20.2. The Hall–Kier alpha value is -3.52. The smallest absolute Gasteiger partial charge is 0.235 e. The molecule has 0 amide bonds. The van der Waals surface area contributed by atoms with Crippen molar-refractivity contribution in [3.05, 3.63) is 54.1 Å². The van der Waals surface area contributed by atoms with Crippen LogP contribution in [0.5, 0.6) is 11.6 Å². The van der Waals surface area contributed by atoms with Crippen molar-refractivity contribution in [1.82, 2.24) is 20.3 Å². The van der Waals surface area contributed by atoms with Crippen molar-refractivity contribution in [3.63, 3.8) is 0 Å². The van der Waals surface area contributed by atoms with Crippen molar-refractivity contribution in [2.24, 2.45) is 0 Å². The van der Waals surface area contributed by atoms with Crippen LogP contribution in [0.2, 0.25) is 0 Å². The van der Waals surface area contributed by atoms with Crippen LogP contribution in [0.4, 0.5) is 29.2 Å². The summed E-state index contributed by atoms with van der Waals surface area (Å²) in [6, 6.07) is 4.99. The largest absolute Gasteiger partial charge is 0.435 e. The standard InChI is InChI=1S/C26H28F4N6O3S/c27-15-11-16(14-31-13-15)34-26-33-10-8-20(35-26)18-7-4-9-32-25(18)39-21-12-19(28)24(23(30)22(21)29)36-40(37,38)17-5-2-1-3-6-17/h4,7-10,12,15-17,31,36H,1-3,5-6,11,13-14H2,(H,33,34,35)/t15-,16-/m0/s1. The minimum atomic E-state index is -4.13. The third kappa shape index (κ3) is 6.28. The highest BCUT2D eigenvalue weighted by Crippen LogP contribution is 2.36. The van der Waals surface area contributed by atoms with E-state index in [0.717, 1.165) is 6.42 Å². The van der Waals surface area contributed by atoms with Gasteiger partial charge in [-0.3, -0.25) is 4.72 Å². The minimum absolute atomic E-state index is 0.205. The molecule has 0 radical (unpaired) electrons. The van der Waals surface area contributed by atoms with E-state index in [1.54, 1.807) is 12.1 Å². The number of anilines is 2. The molecule has 1 saturated carbocycles. The van der Waals surface area contributed by atoms with Crippen LogP contribution in [0, 0.1) is 17.5 Å². The molecule has 2 atom stereocenters. The van der Waals surface area contributed by atoms with Gasteiger partial charge in [-0.1, -0.05) is 19.3 Å². The number of sulfonamides is 1. The number of pyridine rings is 1. The predicted octanol–water partition coefficient (Wildman–Crippen LogP) is 4.93. The quantitative estimate of drug-likeness (QED) is 0.254. The van der Waals surface area contributed by atoms with Crippen LogP contribution in [-0.4, -0.2) is 53.9 Å². The van der Waals surface area contributed by atoms with Crippen LogP contribution in [0.15, 0.2) is 36.7 Å². The number of hydrogen-bond acceptors (Lipinski definition) is 8. The summed E-state index contributed by atoms with van der Waals surface area (Å²) < 4.78 is 91.4. The molecule has 0 spiro atoms. The maximum atomic E-state index is 15.0. The van der Waals surface area contributed by atoms with Gasteiger partial charge in [0.2, 0.25) is 27.7 Å². The number of aromatic nitrogens is 3. The van der Waals surface area contributed by atoms with E-state index in [9.17, 15) is 21.6 Å². The van der Waals surface area contributed by atoms with E-state index in [4.69, 9.17) is 4.74 Å². The van der Waals surface area contributed by atoms with Gasteiger partial charge >= 0.3 is 0 Å². The lowest BCUT2D eigenvalue weighted by atomic mass is 10.0. The summed E-state index contributed by atoms with van der Waals surface area (Å²) in [5, 5.41) is 5.23. The Kier molecular flexibility index (Phi) is 8.35. The molecule has 5 rings (SSSR count). The van der Waals surface area contributed by atoms with E-state index in [1.165, 1.54) is 18.5 Å². The van der Waals surface area contributed by atoms with Crippen molar-refractivity contribution in [1.29, 1.82) is 0 Å². The first kappa shape index (κ1) is 28.0. The fourth-order valence-electron chi connectivity index (χ4n) is 4.87.